The first-order valence-corrected chi connectivity index (χ1v) is 6.13. The van der Waals surface area contributed by atoms with Crippen LogP contribution in [0.25, 0.3) is 0 Å². The minimum Gasteiger partial charge on any atom is -0.321 e. The molecule has 0 aliphatic rings. The smallest absolute Gasteiger partial charge is 0.258 e. The van der Waals surface area contributed by atoms with Crippen LogP contribution in [-0.4, -0.2) is 10.9 Å². The Labute approximate surface area is 124 Å². The summed E-state index contributed by atoms with van der Waals surface area (Å²) in [5, 5.41) is 11.0. The summed E-state index contributed by atoms with van der Waals surface area (Å²) in [6, 6.07) is 5.07. The van der Waals surface area contributed by atoms with Crippen molar-refractivity contribution in [3.8, 4) is 6.07 Å². The van der Waals surface area contributed by atoms with Crippen LogP contribution in [-0.2, 0) is 0 Å². The van der Waals surface area contributed by atoms with Crippen LogP contribution in [0, 0.1) is 29.9 Å². The SMILES string of the molecule is Cc1c(F)cc(C#N)cc1NC(=O)c1cc(F)cnc1Cl. The molecule has 21 heavy (non-hydrogen) atoms. The normalized spacial score (nSPS) is 10.0. The molecule has 0 spiro atoms. The minimum absolute atomic E-state index is 0.0527. The first-order chi connectivity index (χ1) is 9.92. The summed E-state index contributed by atoms with van der Waals surface area (Å²) in [7, 11) is 0. The highest BCUT2D eigenvalue weighted by Crippen LogP contribution is 2.22. The van der Waals surface area contributed by atoms with E-state index in [1.54, 1.807) is 6.07 Å². The van der Waals surface area contributed by atoms with E-state index in [0.29, 0.717) is 0 Å². The fourth-order valence-corrected chi connectivity index (χ4v) is 1.83. The van der Waals surface area contributed by atoms with Crippen LogP contribution in [0.5, 0.6) is 0 Å². The minimum atomic E-state index is -0.746. The highest BCUT2D eigenvalue weighted by Gasteiger charge is 2.15. The van der Waals surface area contributed by atoms with Crippen LogP contribution in [0.2, 0.25) is 5.15 Å². The van der Waals surface area contributed by atoms with Crippen LogP contribution < -0.4 is 5.32 Å². The van der Waals surface area contributed by atoms with Gasteiger partial charge in [0, 0.05) is 11.3 Å². The average molecular weight is 308 g/mol. The molecule has 0 saturated carbocycles. The molecule has 0 atom stereocenters. The Morgan fingerprint density at radius 3 is 2.76 bits per heavy atom. The van der Waals surface area contributed by atoms with E-state index in [-0.39, 0.29) is 27.5 Å². The fourth-order valence-electron chi connectivity index (χ4n) is 1.64. The number of pyridine rings is 1. The number of hydrogen-bond donors (Lipinski definition) is 1. The van der Waals surface area contributed by atoms with Crippen LogP contribution in [0.4, 0.5) is 14.5 Å². The lowest BCUT2D eigenvalue weighted by atomic mass is 10.1. The molecule has 2 rings (SSSR count). The monoisotopic (exact) mass is 307 g/mol. The summed E-state index contributed by atoms with van der Waals surface area (Å²) in [5.41, 5.74) is 0.135. The van der Waals surface area contributed by atoms with Gasteiger partial charge in [0.25, 0.3) is 5.91 Å². The molecule has 1 aromatic heterocycles. The molecule has 4 nitrogen and oxygen atoms in total. The molecule has 1 N–H and O–H groups in total. The van der Waals surface area contributed by atoms with E-state index < -0.39 is 17.5 Å². The first-order valence-electron chi connectivity index (χ1n) is 5.75. The van der Waals surface area contributed by atoms with Gasteiger partial charge in [0.2, 0.25) is 0 Å². The van der Waals surface area contributed by atoms with E-state index in [1.165, 1.54) is 13.0 Å². The third-order valence-corrected chi connectivity index (χ3v) is 3.07. The molecule has 1 aromatic carbocycles. The zero-order valence-electron chi connectivity index (χ0n) is 10.7. The number of nitrogens with zero attached hydrogens (tertiary/aromatic N) is 2. The maximum Gasteiger partial charge on any atom is 0.258 e. The van der Waals surface area contributed by atoms with E-state index in [2.05, 4.69) is 10.3 Å². The van der Waals surface area contributed by atoms with Gasteiger partial charge in [0.05, 0.1) is 23.4 Å². The van der Waals surface area contributed by atoms with Gasteiger partial charge >= 0.3 is 0 Å². The van der Waals surface area contributed by atoms with Gasteiger partial charge in [0.15, 0.2) is 0 Å². The Kier molecular flexibility index (Phi) is 4.15. The molecule has 0 aliphatic heterocycles. The summed E-state index contributed by atoms with van der Waals surface area (Å²) >= 11 is 5.72. The van der Waals surface area contributed by atoms with Crippen molar-refractivity contribution in [2.45, 2.75) is 6.92 Å². The number of aromatic nitrogens is 1. The molecule has 0 fully saturated rings. The Morgan fingerprint density at radius 2 is 2.10 bits per heavy atom. The second kappa shape index (κ2) is 5.85. The number of hydrogen-bond acceptors (Lipinski definition) is 3. The van der Waals surface area contributed by atoms with E-state index in [1.807, 2.05) is 0 Å². The van der Waals surface area contributed by atoms with Crippen LogP contribution in [0.15, 0.2) is 24.4 Å². The van der Waals surface area contributed by atoms with Crippen molar-refractivity contribution in [3.05, 3.63) is 57.9 Å². The molecule has 0 bridgehead atoms. The number of nitrogens with one attached hydrogen (secondary N) is 1. The molecule has 2 aromatic rings. The lowest BCUT2D eigenvalue weighted by molar-refractivity contribution is 0.102. The zero-order valence-corrected chi connectivity index (χ0v) is 11.5. The molecule has 0 aliphatic carbocycles. The Balaban J connectivity index is 2.38. The van der Waals surface area contributed by atoms with E-state index in [4.69, 9.17) is 16.9 Å². The van der Waals surface area contributed by atoms with E-state index in [9.17, 15) is 13.6 Å². The van der Waals surface area contributed by atoms with E-state index >= 15 is 0 Å². The highest BCUT2D eigenvalue weighted by atomic mass is 35.5. The number of nitriles is 1. The van der Waals surface area contributed by atoms with Gasteiger partial charge in [-0.05, 0) is 25.1 Å². The number of carbonyl (C=O) groups excluding carboxylic acids is 1. The maximum absolute atomic E-state index is 13.6. The number of carbonyl (C=O) groups is 1. The molecule has 106 valence electrons. The number of halogens is 3. The summed E-state index contributed by atoms with van der Waals surface area (Å²) in [6.07, 6.45) is 0.875. The fraction of sp³-hybridized carbons (Fsp3) is 0.0714. The van der Waals surface area contributed by atoms with Crippen LogP contribution in [0.1, 0.15) is 21.5 Å². The van der Waals surface area contributed by atoms with Crippen molar-refractivity contribution in [2.75, 3.05) is 5.32 Å². The maximum atomic E-state index is 13.6. The first kappa shape index (κ1) is 14.9. The third-order valence-electron chi connectivity index (χ3n) is 2.77. The van der Waals surface area contributed by atoms with Crippen molar-refractivity contribution in [3.63, 3.8) is 0 Å². The molecule has 7 heteroatoms. The van der Waals surface area contributed by atoms with Crippen molar-refractivity contribution < 1.29 is 13.6 Å². The standard InChI is InChI=1S/C14H8ClF2N3O/c1-7-11(17)2-8(5-18)3-12(7)20-14(21)10-4-9(16)6-19-13(10)15/h2-4,6H,1H3,(H,20,21). The number of rotatable bonds is 2. The summed E-state index contributed by atoms with van der Waals surface area (Å²) in [5.74, 6) is -2.10. The molecule has 0 saturated heterocycles. The van der Waals surface area contributed by atoms with Crippen LogP contribution >= 0.6 is 11.6 Å². The predicted octanol–water partition coefficient (Wildman–Crippen LogP) is 3.45. The second-order valence-corrected chi connectivity index (χ2v) is 4.55. The number of benzene rings is 1. The number of amides is 1. The highest BCUT2D eigenvalue weighted by molar-refractivity contribution is 6.33. The van der Waals surface area contributed by atoms with Gasteiger partial charge in [-0.25, -0.2) is 13.8 Å². The van der Waals surface area contributed by atoms with Gasteiger partial charge in [0.1, 0.15) is 16.8 Å². The molecule has 0 radical (unpaired) electrons. The van der Waals surface area contributed by atoms with Gasteiger partial charge in [-0.15, -0.1) is 0 Å². The zero-order chi connectivity index (χ0) is 15.6. The van der Waals surface area contributed by atoms with Gasteiger partial charge in [-0.2, -0.15) is 5.26 Å². The Bertz CT molecular complexity index is 772. The second-order valence-electron chi connectivity index (χ2n) is 4.19. The lowest BCUT2D eigenvalue weighted by Crippen LogP contribution is -2.15. The molecule has 1 heterocycles. The summed E-state index contributed by atoms with van der Waals surface area (Å²) in [4.78, 5) is 15.6. The average Bonchev–Trinajstić information content (AvgIpc) is 2.46. The third kappa shape index (κ3) is 3.15. The van der Waals surface area contributed by atoms with Crippen molar-refractivity contribution in [2.24, 2.45) is 0 Å². The molecule has 0 unspecified atom stereocenters. The molecular weight excluding hydrogens is 300 g/mol. The van der Waals surface area contributed by atoms with Gasteiger partial charge in [-0.3, -0.25) is 4.79 Å². The topological polar surface area (TPSA) is 65.8 Å². The van der Waals surface area contributed by atoms with Crippen molar-refractivity contribution in [1.29, 1.82) is 5.26 Å². The van der Waals surface area contributed by atoms with E-state index in [0.717, 1.165) is 18.3 Å². The van der Waals surface area contributed by atoms with Crippen molar-refractivity contribution >= 4 is 23.2 Å². The summed E-state index contributed by atoms with van der Waals surface area (Å²) in [6.45, 7) is 1.44. The van der Waals surface area contributed by atoms with Gasteiger partial charge in [-0.1, -0.05) is 11.6 Å². The van der Waals surface area contributed by atoms with Crippen molar-refractivity contribution in [1.82, 2.24) is 4.98 Å². The quantitative estimate of drug-likeness (QED) is 0.864. The largest absolute Gasteiger partial charge is 0.321 e. The Morgan fingerprint density at radius 1 is 1.38 bits per heavy atom. The predicted molar refractivity (Wildman–Crippen MR) is 73.0 cm³/mol. The summed E-state index contributed by atoms with van der Waals surface area (Å²) < 4.78 is 26.7. The van der Waals surface area contributed by atoms with Gasteiger partial charge < -0.3 is 5.32 Å². The molecular formula is C14H8ClF2N3O. The molecule has 1 amide bonds. The Hall–Kier alpha value is -2.52. The number of anilines is 1. The lowest BCUT2D eigenvalue weighted by Gasteiger charge is -2.10. The van der Waals surface area contributed by atoms with Crippen LogP contribution in [0.3, 0.4) is 0 Å².